The highest BCUT2D eigenvalue weighted by molar-refractivity contribution is 5.97. The van der Waals surface area contributed by atoms with Gasteiger partial charge in [0.05, 0.1) is 17.4 Å². The number of nitrogens with two attached hydrogens (primary N) is 1. The molecule has 3 aromatic rings. The summed E-state index contributed by atoms with van der Waals surface area (Å²) < 4.78 is 39.7. The van der Waals surface area contributed by atoms with Gasteiger partial charge in [0, 0.05) is 24.2 Å². The number of aromatic amines is 1. The lowest BCUT2D eigenvalue weighted by Gasteiger charge is -2.13. The summed E-state index contributed by atoms with van der Waals surface area (Å²) in [5.41, 5.74) is 7.90. The first-order valence-electron chi connectivity index (χ1n) is 8.04. The van der Waals surface area contributed by atoms with E-state index < -0.39 is 23.5 Å². The predicted octanol–water partition coefficient (Wildman–Crippen LogP) is 2.67. The van der Waals surface area contributed by atoms with E-state index in [0.29, 0.717) is 18.1 Å². The molecule has 8 heteroatoms. The number of halogens is 3. The minimum absolute atomic E-state index is 0.00687. The Hall–Kier alpha value is -2.87. The molecule has 0 unspecified atom stereocenters. The van der Waals surface area contributed by atoms with Crippen molar-refractivity contribution in [2.45, 2.75) is 18.9 Å². The molecule has 5 nitrogen and oxygen atoms in total. The van der Waals surface area contributed by atoms with Crippen LogP contribution in [-0.4, -0.2) is 28.5 Å². The minimum Gasteiger partial charge on any atom is -0.352 e. The van der Waals surface area contributed by atoms with Crippen molar-refractivity contribution in [2.75, 3.05) is 6.54 Å². The fraction of sp³-hybridized carbons (Fsp3) is 0.222. The van der Waals surface area contributed by atoms with Crippen LogP contribution in [0.1, 0.15) is 22.3 Å². The Morgan fingerprint density at radius 3 is 2.73 bits per heavy atom. The number of hydrogen-bond donors (Lipinski definition) is 3. The lowest BCUT2D eigenvalue weighted by atomic mass is 10.0. The lowest BCUT2D eigenvalue weighted by molar-refractivity contribution is 0.0952. The second-order valence-electron chi connectivity index (χ2n) is 6.00. The van der Waals surface area contributed by atoms with Gasteiger partial charge in [-0.3, -0.25) is 4.79 Å². The SMILES string of the molecule is N[C@@H](CCNC(=O)c1ccc2nc[nH]c2c1)Cc1cc(F)c(F)cc1F. The quantitative estimate of drug-likeness (QED) is 0.590. The van der Waals surface area contributed by atoms with Gasteiger partial charge in [0.25, 0.3) is 5.91 Å². The number of nitrogens with one attached hydrogen (secondary N) is 2. The first-order valence-corrected chi connectivity index (χ1v) is 8.04. The van der Waals surface area contributed by atoms with E-state index in [0.717, 1.165) is 17.1 Å². The molecule has 1 heterocycles. The van der Waals surface area contributed by atoms with E-state index in [1.165, 1.54) is 0 Å². The zero-order valence-electron chi connectivity index (χ0n) is 13.7. The molecule has 26 heavy (non-hydrogen) atoms. The van der Waals surface area contributed by atoms with Crippen LogP contribution in [0, 0.1) is 17.5 Å². The van der Waals surface area contributed by atoms with Crippen LogP contribution in [0.2, 0.25) is 0 Å². The van der Waals surface area contributed by atoms with Crippen LogP contribution in [0.4, 0.5) is 13.2 Å². The lowest BCUT2D eigenvalue weighted by Crippen LogP contribution is -2.31. The topological polar surface area (TPSA) is 83.8 Å². The molecule has 0 spiro atoms. The van der Waals surface area contributed by atoms with Crippen molar-refractivity contribution >= 4 is 16.9 Å². The molecule has 0 aliphatic rings. The third kappa shape index (κ3) is 4.02. The summed E-state index contributed by atoms with van der Waals surface area (Å²) in [7, 11) is 0. The van der Waals surface area contributed by atoms with Crippen molar-refractivity contribution in [1.29, 1.82) is 0 Å². The molecule has 2 aromatic carbocycles. The number of carbonyl (C=O) groups is 1. The van der Waals surface area contributed by atoms with Gasteiger partial charge in [-0.25, -0.2) is 18.2 Å². The fourth-order valence-corrected chi connectivity index (χ4v) is 2.65. The molecule has 0 aliphatic carbocycles. The summed E-state index contributed by atoms with van der Waals surface area (Å²) >= 11 is 0. The number of benzene rings is 2. The number of rotatable bonds is 6. The van der Waals surface area contributed by atoms with Crippen LogP contribution in [0.3, 0.4) is 0 Å². The van der Waals surface area contributed by atoms with Crippen LogP contribution < -0.4 is 11.1 Å². The number of carbonyl (C=O) groups excluding carboxylic acids is 1. The van der Waals surface area contributed by atoms with Crippen LogP contribution in [0.5, 0.6) is 0 Å². The Balaban J connectivity index is 1.52. The summed E-state index contributed by atoms with van der Waals surface area (Å²) in [4.78, 5) is 19.2. The second-order valence-corrected chi connectivity index (χ2v) is 6.00. The second kappa shape index (κ2) is 7.57. The van der Waals surface area contributed by atoms with E-state index in [-0.39, 0.29) is 24.4 Å². The zero-order valence-corrected chi connectivity index (χ0v) is 13.7. The van der Waals surface area contributed by atoms with E-state index in [1.807, 2.05) is 0 Å². The Bertz CT molecular complexity index is 941. The molecule has 1 atom stereocenters. The normalized spacial score (nSPS) is 12.3. The average molecular weight is 362 g/mol. The van der Waals surface area contributed by atoms with E-state index >= 15 is 0 Å². The number of imidazole rings is 1. The van der Waals surface area contributed by atoms with Gasteiger partial charge < -0.3 is 16.0 Å². The summed E-state index contributed by atoms with van der Waals surface area (Å²) in [5, 5.41) is 2.73. The molecule has 0 fully saturated rings. The van der Waals surface area contributed by atoms with Gasteiger partial charge in [0.1, 0.15) is 5.82 Å². The molecular weight excluding hydrogens is 345 g/mol. The average Bonchev–Trinajstić information content (AvgIpc) is 3.07. The summed E-state index contributed by atoms with van der Waals surface area (Å²) in [6, 6.07) is 5.89. The molecule has 136 valence electrons. The zero-order chi connectivity index (χ0) is 18.7. The van der Waals surface area contributed by atoms with Crippen molar-refractivity contribution in [3.8, 4) is 0 Å². The number of aromatic nitrogens is 2. The number of nitrogens with zero attached hydrogens (tertiary/aromatic N) is 1. The van der Waals surface area contributed by atoms with Gasteiger partial charge in [-0.1, -0.05) is 0 Å². The Morgan fingerprint density at radius 2 is 1.92 bits per heavy atom. The molecule has 0 aliphatic heterocycles. The van der Waals surface area contributed by atoms with Gasteiger partial charge in [0.2, 0.25) is 0 Å². The van der Waals surface area contributed by atoms with Gasteiger partial charge in [0.15, 0.2) is 11.6 Å². The molecule has 1 amide bonds. The first kappa shape index (κ1) is 17.9. The van der Waals surface area contributed by atoms with Crippen LogP contribution >= 0.6 is 0 Å². The Morgan fingerprint density at radius 1 is 1.15 bits per heavy atom. The van der Waals surface area contributed by atoms with Crippen molar-refractivity contribution in [3.05, 3.63) is 65.2 Å². The van der Waals surface area contributed by atoms with E-state index in [2.05, 4.69) is 15.3 Å². The monoisotopic (exact) mass is 362 g/mol. The number of hydrogen-bond acceptors (Lipinski definition) is 3. The van der Waals surface area contributed by atoms with Gasteiger partial charge in [-0.15, -0.1) is 0 Å². The first-order chi connectivity index (χ1) is 12.4. The minimum atomic E-state index is -1.23. The predicted molar refractivity (Wildman–Crippen MR) is 91.0 cm³/mol. The fourth-order valence-electron chi connectivity index (χ4n) is 2.65. The van der Waals surface area contributed by atoms with Crippen molar-refractivity contribution < 1.29 is 18.0 Å². The molecule has 4 N–H and O–H groups in total. The summed E-state index contributed by atoms with van der Waals surface area (Å²) in [5.74, 6) is -3.46. The molecule has 0 bridgehead atoms. The molecule has 0 saturated carbocycles. The summed E-state index contributed by atoms with van der Waals surface area (Å²) in [6.45, 7) is 0.270. The van der Waals surface area contributed by atoms with Crippen LogP contribution in [-0.2, 0) is 6.42 Å². The van der Waals surface area contributed by atoms with Crippen molar-refractivity contribution in [2.24, 2.45) is 5.73 Å². The molecular formula is C18H17F3N4O. The van der Waals surface area contributed by atoms with E-state index in [1.54, 1.807) is 24.5 Å². The van der Waals surface area contributed by atoms with Crippen LogP contribution in [0.15, 0.2) is 36.7 Å². The van der Waals surface area contributed by atoms with Gasteiger partial charge in [-0.2, -0.15) is 0 Å². The number of fused-ring (bicyclic) bond motifs is 1. The molecule has 3 rings (SSSR count). The van der Waals surface area contributed by atoms with Gasteiger partial charge >= 0.3 is 0 Å². The standard InChI is InChI=1S/C18H17F3N4O/c19-13-8-15(21)14(20)6-11(13)5-12(22)3-4-23-18(26)10-1-2-16-17(7-10)25-9-24-16/h1-2,6-9,12H,3-5,22H2,(H,23,26)(H,24,25)/t12-/m0/s1. The van der Waals surface area contributed by atoms with Crippen LogP contribution in [0.25, 0.3) is 11.0 Å². The number of amides is 1. The Labute approximate surface area is 147 Å². The van der Waals surface area contributed by atoms with Crippen molar-refractivity contribution in [3.63, 3.8) is 0 Å². The van der Waals surface area contributed by atoms with E-state index in [4.69, 9.17) is 5.73 Å². The maximum absolute atomic E-state index is 13.6. The highest BCUT2D eigenvalue weighted by atomic mass is 19.2. The third-order valence-corrected chi connectivity index (χ3v) is 4.05. The molecule has 1 aromatic heterocycles. The largest absolute Gasteiger partial charge is 0.352 e. The third-order valence-electron chi connectivity index (χ3n) is 4.05. The number of H-pyrrole nitrogens is 1. The van der Waals surface area contributed by atoms with Gasteiger partial charge in [-0.05, 0) is 42.7 Å². The van der Waals surface area contributed by atoms with Crippen molar-refractivity contribution in [1.82, 2.24) is 15.3 Å². The maximum Gasteiger partial charge on any atom is 0.251 e. The maximum atomic E-state index is 13.6. The van der Waals surface area contributed by atoms with E-state index in [9.17, 15) is 18.0 Å². The highest BCUT2D eigenvalue weighted by Crippen LogP contribution is 2.16. The smallest absolute Gasteiger partial charge is 0.251 e. The summed E-state index contributed by atoms with van der Waals surface area (Å²) in [6.07, 6.45) is 1.94. The molecule has 0 radical (unpaired) electrons. The molecule has 0 saturated heterocycles. The highest BCUT2D eigenvalue weighted by Gasteiger charge is 2.14. The Kier molecular flexibility index (Phi) is 5.22.